The van der Waals surface area contributed by atoms with Gasteiger partial charge in [0.05, 0.1) is 12.5 Å². The topological polar surface area (TPSA) is 41.4 Å². The van der Waals surface area contributed by atoms with E-state index in [0.717, 1.165) is 23.8 Å². The highest BCUT2D eigenvalue weighted by atomic mass is 32.1. The Morgan fingerprint density at radius 1 is 1.43 bits per heavy atom. The van der Waals surface area contributed by atoms with Gasteiger partial charge in [-0.15, -0.1) is 11.3 Å². The molecule has 2 aromatic heterocycles. The van der Waals surface area contributed by atoms with E-state index in [1.807, 2.05) is 46.4 Å². The van der Waals surface area contributed by atoms with Gasteiger partial charge in [0.2, 0.25) is 5.91 Å². The average molecular weight is 304 g/mol. The van der Waals surface area contributed by atoms with Crippen LogP contribution in [0.25, 0.3) is 0 Å². The molecule has 3 rings (SSSR count). The lowest BCUT2D eigenvalue weighted by atomic mass is 10.1. The first-order chi connectivity index (χ1) is 10.1. The summed E-state index contributed by atoms with van der Waals surface area (Å²) in [7, 11) is 4.10. The molecule has 1 amide bonds. The molecule has 3 heterocycles. The summed E-state index contributed by atoms with van der Waals surface area (Å²) in [4.78, 5) is 22.3. The fraction of sp³-hybridized carbons (Fsp3) is 0.467. The van der Waals surface area contributed by atoms with Crippen molar-refractivity contribution in [3.63, 3.8) is 0 Å². The highest BCUT2D eigenvalue weighted by Gasteiger charge is 2.30. The van der Waals surface area contributed by atoms with E-state index in [4.69, 9.17) is 0 Å². The molecule has 2 aromatic rings. The van der Waals surface area contributed by atoms with Crippen LogP contribution >= 0.6 is 11.3 Å². The third kappa shape index (κ3) is 3.01. The first-order valence-electron chi connectivity index (χ1n) is 7.13. The number of aromatic nitrogens is 2. The lowest BCUT2D eigenvalue weighted by Crippen LogP contribution is -2.50. The lowest BCUT2D eigenvalue weighted by Gasteiger charge is -2.39. The molecule has 0 aromatic carbocycles. The number of carbonyl (C=O) groups is 1. The standard InChI is InChI=1S/C15H20N4OS/c1-17-7-8-19(14(20)10-12-4-3-9-21-12)11-13(17)15-16-5-6-18(15)2/h3-6,9,13H,7-8,10-11H2,1-2H3/t13-/m1/s1. The number of hydrogen-bond acceptors (Lipinski definition) is 4. The number of thiophene rings is 1. The van der Waals surface area contributed by atoms with Crippen molar-refractivity contribution in [1.82, 2.24) is 19.4 Å². The second-order valence-electron chi connectivity index (χ2n) is 5.49. The maximum atomic E-state index is 12.5. The molecule has 1 saturated heterocycles. The summed E-state index contributed by atoms with van der Waals surface area (Å²) in [6, 6.07) is 4.19. The highest BCUT2D eigenvalue weighted by molar-refractivity contribution is 7.10. The smallest absolute Gasteiger partial charge is 0.227 e. The van der Waals surface area contributed by atoms with Crippen LogP contribution in [0.4, 0.5) is 0 Å². The number of nitrogens with zero attached hydrogens (tertiary/aromatic N) is 4. The zero-order valence-electron chi connectivity index (χ0n) is 12.4. The van der Waals surface area contributed by atoms with Gasteiger partial charge in [-0.05, 0) is 18.5 Å². The molecule has 0 bridgehead atoms. The first kappa shape index (κ1) is 14.3. The number of piperazine rings is 1. The van der Waals surface area contributed by atoms with Crippen molar-refractivity contribution in [2.45, 2.75) is 12.5 Å². The number of rotatable bonds is 3. The van der Waals surface area contributed by atoms with E-state index in [0.29, 0.717) is 13.0 Å². The molecular formula is C15H20N4OS. The predicted octanol–water partition coefficient (Wildman–Crippen LogP) is 1.54. The van der Waals surface area contributed by atoms with Crippen molar-refractivity contribution in [3.05, 3.63) is 40.6 Å². The van der Waals surface area contributed by atoms with Gasteiger partial charge in [-0.3, -0.25) is 9.69 Å². The van der Waals surface area contributed by atoms with Crippen LogP contribution in [0.15, 0.2) is 29.9 Å². The summed E-state index contributed by atoms with van der Waals surface area (Å²) >= 11 is 1.64. The Balaban J connectivity index is 1.70. The zero-order chi connectivity index (χ0) is 14.8. The van der Waals surface area contributed by atoms with E-state index < -0.39 is 0 Å². The molecule has 0 saturated carbocycles. The summed E-state index contributed by atoms with van der Waals surface area (Å²) in [6.07, 6.45) is 4.28. The zero-order valence-corrected chi connectivity index (χ0v) is 13.2. The number of likely N-dealkylation sites (N-methyl/N-ethyl adjacent to an activating group) is 1. The van der Waals surface area contributed by atoms with Gasteiger partial charge < -0.3 is 9.47 Å². The monoisotopic (exact) mass is 304 g/mol. The van der Waals surface area contributed by atoms with Gasteiger partial charge in [-0.1, -0.05) is 6.07 Å². The lowest BCUT2D eigenvalue weighted by molar-refractivity contribution is -0.133. The third-order valence-corrected chi connectivity index (χ3v) is 4.94. The Morgan fingerprint density at radius 3 is 2.95 bits per heavy atom. The van der Waals surface area contributed by atoms with Gasteiger partial charge >= 0.3 is 0 Å². The summed E-state index contributed by atoms with van der Waals surface area (Å²) in [5, 5.41) is 2.02. The fourth-order valence-corrected chi connectivity index (χ4v) is 3.45. The molecule has 1 atom stereocenters. The number of carbonyl (C=O) groups excluding carboxylic acids is 1. The van der Waals surface area contributed by atoms with Crippen molar-refractivity contribution in [2.24, 2.45) is 7.05 Å². The minimum absolute atomic E-state index is 0.172. The summed E-state index contributed by atoms with van der Waals surface area (Å²) < 4.78 is 2.04. The van der Waals surface area contributed by atoms with Crippen molar-refractivity contribution in [1.29, 1.82) is 0 Å². The van der Waals surface area contributed by atoms with Crippen LogP contribution in [0.1, 0.15) is 16.7 Å². The first-order valence-corrected chi connectivity index (χ1v) is 8.00. The largest absolute Gasteiger partial charge is 0.339 e. The molecule has 0 unspecified atom stereocenters. The van der Waals surface area contributed by atoms with Crippen LogP contribution in [-0.4, -0.2) is 51.9 Å². The minimum atomic E-state index is 0.172. The molecule has 1 aliphatic rings. The quantitative estimate of drug-likeness (QED) is 0.864. The Hall–Kier alpha value is -1.66. The summed E-state index contributed by atoms with van der Waals surface area (Å²) in [5.41, 5.74) is 0. The second-order valence-corrected chi connectivity index (χ2v) is 6.52. The van der Waals surface area contributed by atoms with E-state index in [-0.39, 0.29) is 11.9 Å². The van der Waals surface area contributed by atoms with E-state index >= 15 is 0 Å². The van der Waals surface area contributed by atoms with Gasteiger partial charge in [0.15, 0.2) is 0 Å². The van der Waals surface area contributed by atoms with Crippen molar-refractivity contribution in [2.75, 3.05) is 26.7 Å². The summed E-state index contributed by atoms with van der Waals surface area (Å²) in [6.45, 7) is 2.39. The molecule has 1 fully saturated rings. The SMILES string of the molecule is CN1CCN(C(=O)Cc2cccs2)C[C@@H]1c1nccn1C. The molecule has 1 aliphatic heterocycles. The Morgan fingerprint density at radius 2 is 2.29 bits per heavy atom. The molecule has 5 nitrogen and oxygen atoms in total. The summed E-state index contributed by atoms with van der Waals surface area (Å²) in [5.74, 6) is 1.23. The van der Waals surface area contributed by atoms with Crippen molar-refractivity contribution >= 4 is 17.2 Å². The maximum absolute atomic E-state index is 12.5. The van der Waals surface area contributed by atoms with Crippen molar-refractivity contribution in [3.8, 4) is 0 Å². The van der Waals surface area contributed by atoms with Crippen LogP contribution in [0, 0.1) is 0 Å². The Kier molecular flexibility index (Phi) is 4.07. The Bertz CT molecular complexity index is 607. The molecule has 112 valence electrons. The molecule has 0 N–H and O–H groups in total. The van der Waals surface area contributed by atoms with Crippen molar-refractivity contribution < 1.29 is 4.79 Å². The number of imidazole rings is 1. The van der Waals surface area contributed by atoms with Crippen LogP contribution in [-0.2, 0) is 18.3 Å². The Labute approximate surface area is 128 Å². The van der Waals surface area contributed by atoms with Gasteiger partial charge in [0.1, 0.15) is 5.82 Å². The normalized spacial score (nSPS) is 19.9. The van der Waals surface area contributed by atoms with Crippen LogP contribution in [0.3, 0.4) is 0 Å². The average Bonchev–Trinajstić information content (AvgIpc) is 3.11. The fourth-order valence-electron chi connectivity index (χ4n) is 2.75. The molecule has 0 aliphatic carbocycles. The minimum Gasteiger partial charge on any atom is -0.339 e. The van der Waals surface area contributed by atoms with E-state index in [9.17, 15) is 4.79 Å². The molecule has 21 heavy (non-hydrogen) atoms. The van der Waals surface area contributed by atoms with Gasteiger partial charge in [-0.25, -0.2) is 4.98 Å². The highest BCUT2D eigenvalue weighted by Crippen LogP contribution is 2.23. The van der Waals surface area contributed by atoms with E-state index in [1.54, 1.807) is 11.3 Å². The van der Waals surface area contributed by atoms with Crippen LogP contribution < -0.4 is 0 Å². The third-order valence-electron chi connectivity index (χ3n) is 4.06. The van der Waals surface area contributed by atoms with E-state index in [2.05, 4.69) is 16.9 Å². The number of aryl methyl sites for hydroxylation is 1. The van der Waals surface area contributed by atoms with E-state index in [1.165, 1.54) is 0 Å². The molecule has 0 radical (unpaired) electrons. The molecular weight excluding hydrogens is 284 g/mol. The van der Waals surface area contributed by atoms with Crippen LogP contribution in [0.5, 0.6) is 0 Å². The van der Waals surface area contributed by atoms with Crippen LogP contribution in [0.2, 0.25) is 0 Å². The van der Waals surface area contributed by atoms with Gasteiger partial charge in [0.25, 0.3) is 0 Å². The van der Waals surface area contributed by atoms with Gasteiger partial charge in [0, 0.05) is 44.0 Å². The number of hydrogen-bond donors (Lipinski definition) is 0. The molecule has 6 heteroatoms. The maximum Gasteiger partial charge on any atom is 0.227 e. The second kappa shape index (κ2) is 5.99. The predicted molar refractivity (Wildman–Crippen MR) is 83.2 cm³/mol. The number of amides is 1. The van der Waals surface area contributed by atoms with Gasteiger partial charge in [-0.2, -0.15) is 0 Å². The molecule has 0 spiro atoms.